The Balaban J connectivity index is 1.95. The number of carbonyl (C=O) groups excluding carboxylic acids is 1. The van der Waals surface area contributed by atoms with E-state index < -0.39 is 0 Å². The molecular formula is C12H17Cl2N3O. The molecule has 1 aromatic rings. The van der Waals surface area contributed by atoms with E-state index in [0.29, 0.717) is 21.8 Å². The average molecular weight is 290 g/mol. The van der Waals surface area contributed by atoms with Gasteiger partial charge < -0.3 is 15.2 Å². The van der Waals surface area contributed by atoms with Crippen molar-refractivity contribution in [3.63, 3.8) is 0 Å². The van der Waals surface area contributed by atoms with Crippen LogP contribution >= 0.6 is 23.2 Å². The highest BCUT2D eigenvalue weighted by Crippen LogP contribution is 2.23. The van der Waals surface area contributed by atoms with Gasteiger partial charge >= 0.3 is 0 Å². The molecule has 1 saturated heterocycles. The van der Waals surface area contributed by atoms with Gasteiger partial charge in [0.25, 0.3) is 5.91 Å². The van der Waals surface area contributed by atoms with E-state index in [-0.39, 0.29) is 5.91 Å². The highest BCUT2D eigenvalue weighted by atomic mass is 35.5. The monoisotopic (exact) mass is 289 g/mol. The smallest absolute Gasteiger partial charge is 0.270 e. The Hall–Kier alpha value is -0.710. The van der Waals surface area contributed by atoms with Crippen molar-refractivity contribution in [3.8, 4) is 0 Å². The highest BCUT2D eigenvalue weighted by molar-refractivity contribution is 6.41. The molecule has 0 aliphatic carbocycles. The molecule has 100 valence electrons. The van der Waals surface area contributed by atoms with Crippen LogP contribution < -0.4 is 5.32 Å². The molecule has 1 amide bonds. The number of amides is 1. The standard InChI is InChI=1S/C12H17Cl2N3O/c1-17(7-8-2-4-15-5-3-8)12(18)10-6-9(13)11(14)16-10/h6,8,15-16H,2-5,7H2,1H3. The van der Waals surface area contributed by atoms with Crippen LogP contribution in [-0.4, -0.2) is 42.5 Å². The van der Waals surface area contributed by atoms with Crippen molar-refractivity contribution in [2.75, 3.05) is 26.7 Å². The van der Waals surface area contributed by atoms with E-state index in [1.165, 1.54) is 0 Å². The second kappa shape index (κ2) is 5.95. The van der Waals surface area contributed by atoms with Crippen molar-refractivity contribution >= 4 is 29.1 Å². The van der Waals surface area contributed by atoms with Gasteiger partial charge in [-0.1, -0.05) is 23.2 Å². The lowest BCUT2D eigenvalue weighted by Gasteiger charge is -2.27. The SMILES string of the molecule is CN(CC1CCNCC1)C(=O)c1cc(Cl)c(Cl)[nH]1. The molecule has 0 atom stereocenters. The Morgan fingerprint density at radius 1 is 1.44 bits per heavy atom. The van der Waals surface area contributed by atoms with Crippen LogP contribution in [0.15, 0.2) is 6.07 Å². The number of carbonyl (C=O) groups is 1. The number of aromatic amines is 1. The highest BCUT2D eigenvalue weighted by Gasteiger charge is 2.20. The summed E-state index contributed by atoms with van der Waals surface area (Å²) in [5.41, 5.74) is 0.446. The summed E-state index contributed by atoms with van der Waals surface area (Å²) < 4.78 is 0. The van der Waals surface area contributed by atoms with Crippen molar-refractivity contribution in [1.82, 2.24) is 15.2 Å². The van der Waals surface area contributed by atoms with E-state index in [4.69, 9.17) is 23.2 Å². The van der Waals surface area contributed by atoms with E-state index in [2.05, 4.69) is 10.3 Å². The summed E-state index contributed by atoms with van der Waals surface area (Å²) in [6, 6.07) is 1.57. The minimum Gasteiger partial charge on any atom is -0.340 e. The maximum Gasteiger partial charge on any atom is 0.270 e. The Labute approximate surface area is 117 Å². The molecule has 1 aliphatic heterocycles. The van der Waals surface area contributed by atoms with E-state index in [1.807, 2.05) is 7.05 Å². The molecule has 1 aliphatic rings. The zero-order valence-corrected chi connectivity index (χ0v) is 11.8. The summed E-state index contributed by atoms with van der Waals surface area (Å²) in [4.78, 5) is 16.7. The predicted octanol–water partition coefficient (Wildman–Crippen LogP) is 2.39. The number of nitrogens with one attached hydrogen (secondary N) is 2. The van der Waals surface area contributed by atoms with E-state index in [1.54, 1.807) is 11.0 Å². The lowest BCUT2D eigenvalue weighted by atomic mass is 9.97. The van der Waals surface area contributed by atoms with Crippen molar-refractivity contribution < 1.29 is 4.79 Å². The summed E-state index contributed by atoms with van der Waals surface area (Å²) in [5.74, 6) is 0.503. The molecule has 1 aromatic heterocycles. The molecular weight excluding hydrogens is 273 g/mol. The van der Waals surface area contributed by atoms with Crippen LogP contribution in [0.25, 0.3) is 0 Å². The molecule has 0 bridgehead atoms. The van der Waals surface area contributed by atoms with Gasteiger partial charge in [-0.05, 0) is 37.9 Å². The lowest BCUT2D eigenvalue weighted by molar-refractivity contribution is 0.0757. The second-order valence-corrected chi connectivity index (χ2v) is 5.51. The normalized spacial score (nSPS) is 16.8. The van der Waals surface area contributed by atoms with Crippen LogP contribution in [0.2, 0.25) is 10.2 Å². The number of H-pyrrole nitrogens is 1. The van der Waals surface area contributed by atoms with E-state index in [0.717, 1.165) is 32.5 Å². The number of nitrogens with zero attached hydrogens (tertiary/aromatic N) is 1. The molecule has 2 N–H and O–H groups in total. The third-order valence-corrected chi connectivity index (χ3v) is 3.99. The fourth-order valence-electron chi connectivity index (χ4n) is 2.26. The first-order valence-corrected chi connectivity index (χ1v) is 6.83. The van der Waals surface area contributed by atoms with Crippen LogP contribution in [0.4, 0.5) is 0 Å². The van der Waals surface area contributed by atoms with Crippen molar-refractivity contribution in [3.05, 3.63) is 21.9 Å². The van der Waals surface area contributed by atoms with Gasteiger partial charge in [0.1, 0.15) is 10.8 Å². The Kier molecular flexibility index (Phi) is 4.54. The first kappa shape index (κ1) is 13.7. The summed E-state index contributed by atoms with van der Waals surface area (Å²) in [6.07, 6.45) is 2.23. The van der Waals surface area contributed by atoms with Gasteiger partial charge in [-0.15, -0.1) is 0 Å². The van der Waals surface area contributed by atoms with Gasteiger partial charge in [-0.25, -0.2) is 0 Å². The van der Waals surface area contributed by atoms with Gasteiger partial charge in [-0.2, -0.15) is 0 Å². The molecule has 4 nitrogen and oxygen atoms in total. The topological polar surface area (TPSA) is 48.1 Å². The fourth-order valence-corrected chi connectivity index (χ4v) is 2.57. The third-order valence-electron chi connectivity index (χ3n) is 3.29. The number of rotatable bonds is 3. The number of hydrogen-bond donors (Lipinski definition) is 2. The second-order valence-electron chi connectivity index (χ2n) is 4.72. The van der Waals surface area contributed by atoms with Crippen LogP contribution in [0.1, 0.15) is 23.3 Å². The van der Waals surface area contributed by atoms with Gasteiger partial charge in [0, 0.05) is 13.6 Å². The number of hydrogen-bond acceptors (Lipinski definition) is 2. The summed E-state index contributed by atoms with van der Waals surface area (Å²) in [5, 5.41) is 4.01. The van der Waals surface area contributed by atoms with Crippen molar-refractivity contribution in [2.24, 2.45) is 5.92 Å². The molecule has 0 unspecified atom stereocenters. The van der Waals surface area contributed by atoms with E-state index in [9.17, 15) is 4.79 Å². The van der Waals surface area contributed by atoms with Crippen LogP contribution in [0.5, 0.6) is 0 Å². The van der Waals surface area contributed by atoms with Gasteiger partial charge in [0.05, 0.1) is 5.02 Å². The van der Waals surface area contributed by atoms with E-state index >= 15 is 0 Å². The van der Waals surface area contributed by atoms with Crippen molar-refractivity contribution in [1.29, 1.82) is 0 Å². The van der Waals surface area contributed by atoms with Crippen LogP contribution in [0.3, 0.4) is 0 Å². The largest absolute Gasteiger partial charge is 0.340 e. The molecule has 6 heteroatoms. The minimum absolute atomic E-state index is 0.0673. The number of halogens is 2. The Morgan fingerprint density at radius 2 is 2.11 bits per heavy atom. The summed E-state index contributed by atoms with van der Waals surface area (Å²) in [7, 11) is 1.81. The van der Waals surface area contributed by atoms with Crippen LogP contribution in [-0.2, 0) is 0 Å². The van der Waals surface area contributed by atoms with Gasteiger partial charge in [-0.3, -0.25) is 4.79 Å². The third kappa shape index (κ3) is 3.19. The molecule has 0 spiro atoms. The van der Waals surface area contributed by atoms with Crippen molar-refractivity contribution in [2.45, 2.75) is 12.8 Å². The van der Waals surface area contributed by atoms with Crippen LogP contribution in [0, 0.1) is 5.92 Å². The maximum atomic E-state index is 12.1. The first-order chi connectivity index (χ1) is 8.58. The molecule has 2 rings (SSSR count). The fraction of sp³-hybridized carbons (Fsp3) is 0.583. The Morgan fingerprint density at radius 3 is 2.67 bits per heavy atom. The maximum absolute atomic E-state index is 12.1. The lowest BCUT2D eigenvalue weighted by Crippen LogP contribution is -2.37. The van der Waals surface area contributed by atoms with Gasteiger partial charge in [0.15, 0.2) is 0 Å². The number of piperidine rings is 1. The minimum atomic E-state index is -0.0673. The first-order valence-electron chi connectivity index (χ1n) is 6.08. The summed E-state index contributed by atoms with van der Waals surface area (Å²) >= 11 is 11.6. The molecule has 0 saturated carbocycles. The van der Waals surface area contributed by atoms with Gasteiger partial charge in [0.2, 0.25) is 0 Å². The quantitative estimate of drug-likeness (QED) is 0.898. The molecule has 0 aromatic carbocycles. The Bertz CT molecular complexity index is 407. The average Bonchev–Trinajstić information content (AvgIpc) is 2.70. The summed E-state index contributed by atoms with van der Waals surface area (Å²) in [6.45, 7) is 2.84. The zero-order chi connectivity index (χ0) is 13.1. The molecule has 2 heterocycles. The zero-order valence-electron chi connectivity index (χ0n) is 10.3. The molecule has 18 heavy (non-hydrogen) atoms. The number of aromatic nitrogens is 1. The molecule has 0 radical (unpaired) electrons. The molecule has 1 fully saturated rings. The predicted molar refractivity (Wildman–Crippen MR) is 73.4 cm³/mol.